The summed E-state index contributed by atoms with van der Waals surface area (Å²) >= 11 is 0. The van der Waals surface area contributed by atoms with E-state index < -0.39 is 0 Å². The summed E-state index contributed by atoms with van der Waals surface area (Å²) in [6.07, 6.45) is 3.26. The molecule has 0 saturated carbocycles. The van der Waals surface area contributed by atoms with Crippen LogP contribution in [0, 0.1) is 0 Å². The standard InChI is InChI=1S/C15H11N3O/c19-15(12-7-8-16-17-10-12)9-13-6-5-11-3-1-2-4-14(11)18-13/h1-8,10H,9H2. The summed E-state index contributed by atoms with van der Waals surface area (Å²) in [5.74, 6) is -0.00215. The van der Waals surface area contributed by atoms with E-state index in [1.807, 2.05) is 36.4 Å². The van der Waals surface area contributed by atoms with Crippen LogP contribution in [0.3, 0.4) is 0 Å². The lowest BCUT2D eigenvalue weighted by Gasteiger charge is -2.02. The minimum atomic E-state index is -0.00215. The summed E-state index contributed by atoms with van der Waals surface area (Å²) in [5, 5.41) is 8.44. The third-order valence-corrected chi connectivity index (χ3v) is 2.90. The lowest BCUT2D eigenvalue weighted by Crippen LogP contribution is -2.05. The van der Waals surface area contributed by atoms with Crippen molar-refractivity contribution in [2.24, 2.45) is 0 Å². The van der Waals surface area contributed by atoms with E-state index in [4.69, 9.17) is 0 Å². The number of rotatable bonds is 3. The highest BCUT2D eigenvalue weighted by Gasteiger charge is 2.08. The van der Waals surface area contributed by atoms with Crippen LogP contribution >= 0.6 is 0 Å². The van der Waals surface area contributed by atoms with E-state index in [-0.39, 0.29) is 12.2 Å². The quantitative estimate of drug-likeness (QED) is 0.669. The van der Waals surface area contributed by atoms with Crippen LogP contribution in [0.4, 0.5) is 0 Å². The Labute approximate surface area is 110 Å². The van der Waals surface area contributed by atoms with Gasteiger partial charge in [-0.2, -0.15) is 10.2 Å². The first-order chi connectivity index (χ1) is 9.33. The van der Waals surface area contributed by atoms with Crippen molar-refractivity contribution in [1.82, 2.24) is 15.2 Å². The van der Waals surface area contributed by atoms with Gasteiger partial charge >= 0.3 is 0 Å². The van der Waals surface area contributed by atoms with E-state index in [0.717, 1.165) is 16.6 Å². The van der Waals surface area contributed by atoms with Crippen molar-refractivity contribution < 1.29 is 4.79 Å². The predicted molar refractivity (Wildman–Crippen MR) is 71.8 cm³/mol. The predicted octanol–water partition coefficient (Wildman–Crippen LogP) is 2.45. The number of hydrogen-bond donors (Lipinski definition) is 0. The van der Waals surface area contributed by atoms with Crippen molar-refractivity contribution in [2.45, 2.75) is 6.42 Å². The van der Waals surface area contributed by atoms with E-state index in [2.05, 4.69) is 15.2 Å². The van der Waals surface area contributed by atoms with Gasteiger partial charge in [0.2, 0.25) is 0 Å². The van der Waals surface area contributed by atoms with Crippen LogP contribution in [0.1, 0.15) is 16.1 Å². The molecule has 4 heteroatoms. The molecule has 2 heterocycles. The number of nitrogens with zero attached hydrogens (tertiary/aromatic N) is 3. The van der Waals surface area contributed by atoms with Gasteiger partial charge in [0.1, 0.15) is 0 Å². The molecule has 19 heavy (non-hydrogen) atoms. The second-order valence-electron chi connectivity index (χ2n) is 4.23. The highest BCUT2D eigenvalue weighted by atomic mass is 16.1. The number of para-hydroxylation sites is 1. The second-order valence-corrected chi connectivity index (χ2v) is 4.23. The van der Waals surface area contributed by atoms with E-state index in [1.54, 1.807) is 6.07 Å². The first-order valence-corrected chi connectivity index (χ1v) is 5.97. The van der Waals surface area contributed by atoms with E-state index in [1.165, 1.54) is 12.4 Å². The number of carbonyl (C=O) groups excluding carboxylic acids is 1. The Morgan fingerprint density at radius 2 is 1.89 bits per heavy atom. The molecule has 4 nitrogen and oxygen atoms in total. The summed E-state index contributed by atoms with van der Waals surface area (Å²) in [7, 11) is 0. The molecule has 0 amide bonds. The molecular weight excluding hydrogens is 238 g/mol. The fraction of sp³-hybridized carbons (Fsp3) is 0.0667. The van der Waals surface area contributed by atoms with Gasteiger partial charge in [0.05, 0.1) is 24.3 Å². The zero-order chi connectivity index (χ0) is 13.1. The average Bonchev–Trinajstić information content (AvgIpc) is 2.48. The van der Waals surface area contributed by atoms with Crippen LogP contribution in [-0.4, -0.2) is 21.0 Å². The topological polar surface area (TPSA) is 55.7 Å². The molecule has 0 atom stereocenters. The molecule has 0 radical (unpaired) electrons. The molecule has 0 aliphatic rings. The lowest BCUT2D eigenvalue weighted by atomic mass is 10.1. The third-order valence-electron chi connectivity index (χ3n) is 2.90. The Morgan fingerprint density at radius 3 is 2.74 bits per heavy atom. The monoisotopic (exact) mass is 249 g/mol. The smallest absolute Gasteiger partial charge is 0.170 e. The van der Waals surface area contributed by atoms with Crippen LogP contribution in [0.15, 0.2) is 54.9 Å². The number of carbonyl (C=O) groups is 1. The van der Waals surface area contributed by atoms with Gasteiger partial charge in [0, 0.05) is 16.6 Å². The van der Waals surface area contributed by atoms with Gasteiger partial charge in [-0.15, -0.1) is 0 Å². The van der Waals surface area contributed by atoms with Crippen LogP contribution in [0.2, 0.25) is 0 Å². The number of ketones is 1. The number of aromatic nitrogens is 3. The van der Waals surface area contributed by atoms with Crippen molar-refractivity contribution in [1.29, 1.82) is 0 Å². The van der Waals surface area contributed by atoms with Crippen molar-refractivity contribution in [3.63, 3.8) is 0 Å². The molecule has 2 aromatic heterocycles. The maximum absolute atomic E-state index is 12.0. The number of pyridine rings is 1. The second kappa shape index (κ2) is 4.94. The Morgan fingerprint density at radius 1 is 1.00 bits per heavy atom. The summed E-state index contributed by atoms with van der Waals surface area (Å²) < 4.78 is 0. The molecule has 0 bridgehead atoms. The summed E-state index contributed by atoms with van der Waals surface area (Å²) in [4.78, 5) is 16.5. The molecule has 3 rings (SSSR count). The third kappa shape index (κ3) is 2.47. The molecule has 0 saturated heterocycles. The van der Waals surface area contributed by atoms with E-state index in [0.29, 0.717) is 5.56 Å². The van der Waals surface area contributed by atoms with Gasteiger partial charge in [-0.3, -0.25) is 9.78 Å². The van der Waals surface area contributed by atoms with Gasteiger partial charge < -0.3 is 0 Å². The van der Waals surface area contributed by atoms with Gasteiger partial charge in [-0.1, -0.05) is 24.3 Å². The Hall–Kier alpha value is -2.62. The molecule has 0 fully saturated rings. The Bertz CT molecular complexity index is 726. The van der Waals surface area contributed by atoms with Gasteiger partial charge in [-0.25, -0.2) is 0 Å². The number of Topliss-reactive ketones (excluding diaryl/α,β-unsaturated/α-hetero) is 1. The highest BCUT2D eigenvalue weighted by Crippen LogP contribution is 2.13. The van der Waals surface area contributed by atoms with Crippen molar-refractivity contribution in [3.05, 3.63) is 66.1 Å². The number of fused-ring (bicyclic) bond motifs is 1. The van der Waals surface area contributed by atoms with Crippen LogP contribution in [0.25, 0.3) is 10.9 Å². The van der Waals surface area contributed by atoms with Gasteiger partial charge in [0.25, 0.3) is 0 Å². The van der Waals surface area contributed by atoms with Crippen molar-refractivity contribution in [2.75, 3.05) is 0 Å². The normalized spacial score (nSPS) is 10.5. The van der Waals surface area contributed by atoms with Gasteiger partial charge in [-0.05, 0) is 18.2 Å². The van der Waals surface area contributed by atoms with Crippen LogP contribution in [0.5, 0.6) is 0 Å². The molecule has 0 spiro atoms. The van der Waals surface area contributed by atoms with Crippen LogP contribution < -0.4 is 0 Å². The Balaban J connectivity index is 1.87. The summed E-state index contributed by atoms with van der Waals surface area (Å²) in [6, 6.07) is 13.4. The van der Waals surface area contributed by atoms with E-state index >= 15 is 0 Å². The maximum atomic E-state index is 12.0. The largest absolute Gasteiger partial charge is 0.294 e. The highest BCUT2D eigenvalue weighted by molar-refractivity contribution is 5.97. The SMILES string of the molecule is O=C(Cc1ccc2ccccc2n1)c1ccnnc1. The maximum Gasteiger partial charge on any atom is 0.170 e. The molecule has 0 aliphatic heterocycles. The zero-order valence-corrected chi connectivity index (χ0v) is 10.2. The minimum Gasteiger partial charge on any atom is -0.294 e. The van der Waals surface area contributed by atoms with Crippen molar-refractivity contribution in [3.8, 4) is 0 Å². The first-order valence-electron chi connectivity index (χ1n) is 5.97. The molecule has 3 aromatic rings. The van der Waals surface area contributed by atoms with Crippen LogP contribution in [-0.2, 0) is 6.42 Å². The molecule has 92 valence electrons. The Kier molecular flexibility index (Phi) is 2.98. The zero-order valence-electron chi connectivity index (χ0n) is 10.2. The fourth-order valence-corrected chi connectivity index (χ4v) is 1.93. The van der Waals surface area contributed by atoms with Gasteiger partial charge in [0.15, 0.2) is 5.78 Å². The summed E-state index contributed by atoms with van der Waals surface area (Å²) in [6.45, 7) is 0. The van der Waals surface area contributed by atoms with Crippen molar-refractivity contribution >= 4 is 16.7 Å². The number of hydrogen-bond acceptors (Lipinski definition) is 4. The average molecular weight is 249 g/mol. The first kappa shape index (κ1) is 11.5. The lowest BCUT2D eigenvalue weighted by molar-refractivity contribution is 0.0991. The minimum absolute atomic E-state index is 0.00215. The molecular formula is C15H11N3O. The molecule has 0 N–H and O–H groups in total. The summed E-state index contributed by atoms with van der Waals surface area (Å²) in [5.41, 5.74) is 2.23. The molecule has 1 aromatic carbocycles. The molecule has 0 aliphatic carbocycles. The number of benzene rings is 1. The fourth-order valence-electron chi connectivity index (χ4n) is 1.93. The van der Waals surface area contributed by atoms with E-state index in [9.17, 15) is 4.79 Å². The molecule has 0 unspecified atom stereocenters.